The summed E-state index contributed by atoms with van der Waals surface area (Å²) in [5, 5.41) is 0. The number of rotatable bonds is 5. The van der Waals surface area contributed by atoms with Crippen molar-refractivity contribution >= 4 is 0 Å². The van der Waals surface area contributed by atoms with Gasteiger partial charge in [-0.3, -0.25) is 0 Å². The van der Waals surface area contributed by atoms with Gasteiger partial charge in [0.2, 0.25) is 0 Å². The van der Waals surface area contributed by atoms with Crippen LogP contribution in [0.4, 0.5) is 0 Å². The van der Waals surface area contributed by atoms with E-state index in [1.54, 1.807) is 7.11 Å². The molecule has 0 fully saturated rings. The number of ether oxygens (including phenoxy) is 1. The van der Waals surface area contributed by atoms with Gasteiger partial charge in [-0.2, -0.15) is 0 Å². The molecule has 0 aliphatic carbocycles. The smallest absolute Gasteiger partial charge is 0.122 e. The van der Waals surface area contributed by atoms with Crippen LogP contribution in [0.5, 0.6) is 5.75 Å². The fraction of sp³-hybridized carbons (Fsp3) is 0.600. The van der Waals surface area contributed by atoms with Gasteiger partial charge in [0.1, 0.15) is 5.75 Å². The largest absolute Gasteiger partial charge is 0.496 e. The molecule has 0 saturated carbocycles. The van der Waals surface area contributed by atoms with Gasteiger partial charge in [0.15, 0.2) is 0 Å². The predicted octanol–water partition coefficient (Wildman–Crippen LogP) is 3.40. The Morgan fingerprint density at radius 2 is 1.88 bits per heavy atom. The van der Waals surface area contributed by atoms with E-state index in [-0.39, 0.29) is 0 Å². The molecule has 0 heterocycles. The van der Waals surface area contributed by atoms with Crippen LogP contribution in [-0.2, 0) is 0 Å². The molecule has 1 rings (SSSR count). The molecule has 0 amide bonds. The first kappa shape index (κ1) is 14.0. The van der Waals surface area contributed by atoms with Crippen LogP contribution >= 0.6 is 0 Å². The van der Waals surface area contributed by atoms with E-state index in [4.69, 9.17) is 10.5 Å². The first-order chi connectivity index (χ1) is 8.01. The zero-order valence-corrected chi connectivity index (χ0v) is 11.7. The van der Waals surface area contributed by atoms with Crippen molar-refractivity contribution in [2.45, 2.75) is 40.0 Å². The second-order valence-corrected chi connectivity index (χ2v) is 5.13. The molecule has 96 valence electrons. The first-order valence-corrected chi connectivity index (χ1v) is 6.36. The van der Waals surface area contributed by atoms with Crippen molar-refractivity contribution < 1.29 is 4.74 Å². The maximum Gasteiger partial charge on any atom is 0.122 e. The third-order valence-electron chi connectivity index (χ3n) is 3.37. The fourth-order valence-corrected chi connectivity index (χ4v) is 2.57. The van der Waals surface area contributed by atoms with Gasteiger partial charge in [0.25, 0.3) is 0 Å². The Kier molecular flexibility index (Phi) is 5.01. The summed E-state index contributed by atoms with van der Waals surface area (Å²) in [7, 11) is 1.75. The molecule has 2 heteroatoms. The maximum atomic E-state index is 5.74. The molecule has 1 unspecified atom stereocenters. The molecule has 1 atom stereocenters. The summed E-state index contributed by atoms with van der Waals surface area (Å²) >= 11 is 0. The summed E-state index contributed by atoms with van der Waals surface area (Å²) in [6, 6.07) is 4.35. The van der Waals surface area contributed by atoms with Crippen LogP contribution in [0.3, 0.4) is 0 Å². The number of hydrogen-bond acceptors (Lipinski definition) is 2. The Hall–Kier alpha value is -1.02. The van der Waals surface area contributed by atoms with Crippen LogP contribution < -0.4 is 10.5 Å². The van der Waals surface area contributed by atoms with Crippen molar-refractivity contribution in [3.63, 3.8) is 0 Å². The molecule has 0 aliphatic rings. The summed E-state index contributed by atoms with van der Waals surface area (Å²) in [6.07, 6.45) is 1.01. The Bertz CT molecular complexity index is 371. The Balaban J connectivity index is 3.25. The monoisotopic (exact) mass is 235 g/mol. The van der Waals surface area contributed by atoms with Crippen LogP contribution in [0.2, 0.25) is 0 Å². The van der Waals surface area contributed by atoms with Gasteiger partial charge >= 0.3 is 0 Å². The van der Waals surface area contributed by atoms with E-state index >= 15 is 0 Å². The van der Waals surface area contributed by atoms with Crippen LogP contribution in [0.1, 0.15) is 42.9 Å². The second-order valence-electron chi connectivity index (χ2n) is 5.13. The van der Waals surface area contributed by atoms with E-state index in [0.29, 0.717) is 11.8 Å². The minimum absolute atomic E-state index is 0.482. The molecule has 0 saturated heterocycles. The number of aryl methyl sites for hydroxylation is 2. The summed E-state index contributed by atoms with van der Waals surface area (Å²) in [6.45, 7) is 9.49. The average molecular weight is 235 g/mol. The minimum Gasteiger partial charge on any atom is -0.496 e. The van der Waals surface area contributed by atoms with Gasteiger partial charge in [0, 0.05) is 5.56 Å². The molecule has 2 nitrogen and oxygen atoms in total. The van der Waals surface area contributed by atoms with Gasteiger partial charge in [-0.25, -0.2) is 0 Å². The minimum atomic E-state index is 0.482. The molecule has 0 bridgehead atoms. The third-order valence-corrected chi connectivity index (χ3v) is 3.37. The van der Waals surface area contributed by atoms with E-state index in [2.05, 4.69) is 39.8 Å². The summed E-state index contributed by atoms with van der Waals surface area (Å²) in [4.78, 5) is 0. The Morgan fingerprint density at radius 3 is 2.35 bits per heavy atom. The normalized spacial score (nSPS) is 12.9. The SMILES string of the molecule is COc1cc(C)cc(C)c1C(CCN)C(C)C. The van der Waals surface area contributed by atoms with E-state index in [9.17, 15) is 0 Å². The fourth-order valence-electron chi connectivity index (χ4n) is 2.57. The van der Waals surface area contributed by atoms with Gasteiger partial charge < -0.3 is 10.5 Å². The molecule has 17 heavy (non-hydrogen) atoms. The molecular weight excluding hydrogens is 210 g/mol. The van der Waals surface area contributed by atoms with Crippen LogP contribution in [0, 0.1) is 19.8 Å². The van der Waals surface area contributed by atoms with Gasteiger partial charge in [-0.1, -0.05) is 19.9 Å². The lowest BCUT2D eigenvalue weighted by Gasteiger charge is -2.25. The van der Waals surface area contributed by atoms with E-state index in [1.807, 2.05) is 0 Å². The lowest BCUT2D eigenvalue weighted by Crippen LogP contribution is -2.15. The van der Waals surface area contributed by atoms with E-state index < -0.39 is 0 Å². The summed E-state index contributed by atoms with van der Waals surface area (Å²) < 4.78 is 5.54. The standard InChI is InChI=1S/C15H25NO/c1-10(2)13(6-7-16)15-12(4)8-11(3)9-14(15)17-5/h8-10,13H,6-7,16H2,1-5H3. The topological polar surface area (TPSA) is 35.2 Å². The van der Waals surface area contributed by atoms with Crippen molar-refractivity contribution in [2.75, 3.05) is 13.7 Å². The number of methoxy groups -OCH3 is 1. The zero-order valence-electron chi connectivity index (χ0n) is 11.7. The van der Waals surface area contributed by atoms with Crippen LogP contribution in [0.15, 0.2) is 12.1 Å². The van der Waals surface area contributed by atoms with Crippen molar-refractivity contribution in [2.24, 2.45) is 11.7 Å². The van der Waals surface area contributed by atoms with Crippen molar-refractivity contribution in [3.05, 3.63) is 28.8 Å². The Morgan fingerprint density at radius 1 is 1.24 bits per heavy atom. The number of hydrogen-bond donors (Lipinski definition) is 1. The average Bonchev–Trinajstić information content (AvgIpc) is 2.25. The van der Waals surface area contributed by atoms with Crippen molar-refractivity contribution in [1.29, 1.82) is 0 Å². The second kappa shape index (κ2) is 6.06. The quantitative estimate of drug-likeness (QED) is 0.849. The number of nitrogens with two attached hydrogens (primary N) is 1. The predicted molar refractivity (Wildman–Crippen MR) is 73.7 cm³/mol. The first-order valence-electron chi connectivity index (χ1n) is 6.36. The van der Waals surface area contributed by atoms with Gasteiger partial charge in [-0.05, 0) is 55.8 Å². The highest BCUT2D eigenvalue weighted by Gasteiger charge is 2.21. The van der Waals surface area contributed by atoms with Crippen molar-refractivity contribution in [3.8, 4) is 5.75 Å². The lowest BCUT2D eigenvalue weighted by molar-refractivity contribution is 0.389. The van der Waals surface area contributed by atoms with E-state index in [0.717, 1.165) is 18.7 Å². The zero-order chi connectivity index (χ0) is 13.0. The van der Waals surface area contributed by atoms with Crippen LogP contribution in [-0.4, -0.2) is 13.7 Å². The highest BCUT2D eigenvalue weighted by molar-refractivity contribution is 5.45. The molecule has 0 aromatic heterocycles. The molecule has 1 aromatic rings. The number of benzene rings is 1. The highest BCUT2D eigenvalue weighted by atomic mass is 16.5. The summed E-state index contributed by atoms with van der Waals surface area (Å²) in [5.74, 6) is 2.07. The molecule has 2 N–H and O–H groups in total. The third kappa shape index (κ3) is 3.22. The molecule has 0 spiro atoms. The molecule has 0 radical (unpaired) electrons. The maximum absolute atomic E-state index is 5.74. The van der Waals surface area contributed by atoms with Gasteiger partial charge in [-0.15, -0.1) is 0 Å². The molecule has 0 aliphatic heterocycles. The Labute approximate surface area is 105 Å². The molecular formula is C15H25NO. The van der Waals surface area contributed by atoms with Crippen LogP contribution in [0.25, 0.3) is 0 Å². The summed E-state index contributed by atoms with van der Waals surface area (Å²) in [5.41, 5.74) is 9.63. The molecule has 1 aromatic carbocycles. The van der Waals surface area contributed by atoms with E-state index in [1.165, 1.54) is 16.7 Å². The highest BCUT2D eigenvalue weighted by Crippen LogP contribution is 2.37. The van der Waals surface area contributed by atoms with Crippen molar-refractivity contribution in [1.82, 2.24) is 0 Å². The lowest BCUT2D eigenvalue weighted by atomic mass is 9.82. The van der Waals surface area contributed by atoms with Gasteiger partial charge in [0.05, 0.1) is 7.11 Å².